The van der Waals surface area contributed by atoms with Gasteiger partial charge in [-0.25, -0.2) is 4.79 Å². The summed E-state index contributed by atoms with van der Waals surface area (Å²) in [6, 6.07) is 5.22. The maximum atomic E-state index is 12.1. The molecule has 1 aliphatic rings. The second-order valence-electron chi connectivity index (χ2n) is 5.23. The van der Waals surface area contributed by atoms with Crippen molar-refractivity contribution in [2.75, 3.05) is 14.2 Å². The molecule has 5 nitrogen and oxygen atoms in total. The van der Waals surface area contributed by atoms with E-state index in [1.807, 2.05) is 6.07 Å². The van der Waals surface area contributed by atoms with Crippen molar-refractivity contribution < 1.29 is 19.1 Å². The molecular formula is C17H21NO4. The number of carbonyl (C=O) groups excluding carboxylic acids is 2. The van der Waals surface area contributed by atoms with Gasteiger partial charge in [-0.2, -0.15) is 0 Å². The number of allylic oxidation sites excluding steroid dienone is 2. The lowest BCUT2D eigenvalue weighted by Crippen LogP contribution is -2.30. The largest absolute Gasteiger partial charge is 0.496 e. The lowest BCUT2D eigenvalue weighted by atomic mass is 9.93. The number of hydrogen-bond acceptors (Lipinski definition) is 4. The Kier molecular flexibility index (Phi) is 5.58. The molecule has 1 aliphatic carbocycles. The summed E-state index contributed by atoms with van der Waals surface area (Å²) in [5.41, 5.74) is 1.19. The molecule has 1 aromatic rings. The van der Waals surface area contributed by atoms with E-state index in [9.17, 15) is 9.59 Å². The summed E-state index contributed by atoms with van der Waals surface area (Å²) in [6.45, 7) is 0.382. The molecule has 1 N–H and O–H groups in total. The minimum Gasteiger partial charge on any atom is -0.496 e. The van der Waals surface area contributed by atoms with Gasteiger partial charge in [0.25, 0.3) is 0 Å². The number of esters is 1. The Morgan fingerprint density at radius 1 is 1.27 bits per heavy atom. The fourth-order valence-electron chi connectivity index (χ4n) is 2.50. The van der Waals surface area contributed by atoms with Gasteiger partial charge in [0.05, 0.1) is 14.2 Å². The van der Waals surface area contributed by atoms with Crippen molar-refractivity contribution in [1.29, 1.82) is 0 Å². The molecule has 0 aliphatic heterocycles. The second-order valence-corrected chi connectivity index (χ2v) is 5.23. The van der Waals surface area contributed by atoms with Crippen molar-refractivity contribution >= 4 is 11.9 Å². The summed E-state index contributed by atoms with van der Waals surface area (Å²) in [4.78, 5) is 23.8. The topological polar surface area (TPSA) is 64.6 Å². The molecule has 1 aromatic carbocycles. The third-order valence-electron chi connectivity index (χ3n) is 3.78. The summed E-state index contributed by atoms with van der Waals surface area (Å²) < 4.78 is 9.89. The molecule has 0 spiro atoms. The van der Waals surface area contributed by atoms with E-state index in [1.165, 1.54) is 14.2 Å². The zero-order valence-electron chi connectivity index (χ0n) is 12.9. The Morgan fingerprint density at radius 3 is 2.73 bits per heavy atom. The van der Waals surface area contributed by atoms with Crippen molar-refractivity contribution in [3.63, 3.8) is 0 Å². The van der Waals surface area contributed by atoms with Gasteiger partial charge in [-0.3, -0.25) is 4.79 Å². The third-order valence-corrected chi connectivity index (χ3v) is 3.78. The van der Waals surface area contributed by atoms with Gasteiger partial charge in [-0.1, -0.05) is 18.2 Å². The average molecular weight is 303 g/mol. The molecule has 0 bridgehead atoms. The predicted molar refractivity (Wildman–Crippen MR) is 82.7 cm³/mol. The monoisotopic (exact) mass is 303 g/mol. The van der Waals surface area contributed by atoms with E-state index in [2.05, 4.69) is 17.5 Å². The Balaban J connectivity index is 2.02. The molecule has 0 saturated heterocycles. The van der Waals surface area contributed by atoms with Gasteiger partial charge >= 0.3 is 5.97 Å². The first-order valence-corrected chi connectivity index (χ1v) is 7.33. The molecule has 118 valence electrons. The first-order chi connectivity index (χ1) is 10.7. The molecule has 0 aromatic heterocycles. The molecule has 2 rings (SSSR count). The highest BCUT2D eigenvalue weighted by Gasteiger charge is 2.19. The fourth-order valence-corrected chi connectivity index (χ4v) is 2.50. The van der Waals surface area contributed by atoms with Crippen molar-refractivity contribution in [1.82, 2.24) is 5.32 Å². The van der Waals surface area contributed by atoms with Crippen LogP contribution in [-0.2, 0) is 16.1 Å². The van der Waals surface area contributed by atoms with E-state index in [0.29, 0.717) is 17.9 Å². The van der Waals surface area contributed by atoms with Crippen molar-refractivity contribution in [3.05, 3.63) is 41.5 Å². The quantitative estimate of drug-likeness (QED) is 0.670. The summed E-state index contributed by atoms with van der Waals surface area (Å²) in [5.74, 6) is 0.102. The van der Waals surface area contributed by atoms with Crippen LogP contribution in [0.5, 0.6) is 5.75 Å². The van der Waals surface area contributed by atoms with Crippen LogP contribution in [0.4, 0.5) is 0 Å². The Bertz CT molecular complexity index is 580. The normalized spacial score (nSPS) is 16.9. The number of methoxy groups -OCH3 is 2. The van der Waals surface area contributed by atoms with Gasteiger partial charge in [0.2, 0.25) is 5.91 Å². The van der Waals surface area contributed by atoms with Crippen LogP contribution in [0, 0.1) is 5.92 Å². The zero-order valence-corrected chi connectivity index (χ0v) is 12.9. The number of amides is 1. The van der Waals surface area contributed by atoms with Crippen molar-refractivity contribution in [3.8, 4) is 5.75 Å². The Hall–Kier alpha value is -2.30. The van der Waals surface area contributed by atoms with E-state index in [-0.39, 0.29) is 11.8 Å². The van der Waals surface area contributed by atoms with Crippen LogP contribution in [0.25, 0.3) is 0 Å². The smallest absolute Gasteiger partial charge is 0.341 e. The van der Waals surface area contributed by atoms with Gasteiger partial charge in [0.15, 0.2) is 0 Å². The summed E-state index contributed by atoms with van der Waals surface area (Å²) in [7, 11) is 2.83. The highest BCUT2D eigenvalue weighted by molar-refractivity contribution is 5.92. The second kappa shape index (κ2) is 7.64. The van der Waals surface area contributed by atoms with Crippen molar-refractivity contribution in [2.45, 2.75) is 25.8 Å². The zero-order chi connectivity index (χ0) is 15.9. The predicted octanol–water partition coefficient (Wildman–Crippen LogP) is 2.45. The van der Waals surface area contributed by atoms with Gasteiger partial charge < -0.3 is 14.8 Å². The first-order valence-electron chi connectivity index (χ1n) is 7.33. The summed E-state index contributed by atoms with van der Waals surface area (Å²) >= 11 is 0. The Labute approximate surface area is 130 Å². The van der Waals surface area contributed by atoms with E-state index in [4.69, 9.17) is 9.47 Å². The number of benzene rings is 1. The van der Waals surface area contributed by atoms with Crippen LogP contribution in [-0.4, -0.2) is 26.1 Å². The van der Waals surface area contributed by atoms with E-state index >= 15 is 0 Å². The van der Waals surface area contributed by atoms with Crippen molar-refractivity contribution in [2.24, 2.45) is 5.92 Å². The first kappa shape index (κ1) is 16.1. The average Bonchev–Trinajstić information content (AvgIpc) is 2.59. The summed E-state index contributed by atoms with van der Waals surface area (Å²) in [6.07, 6.45) is 6.79. The molecule has 1 atom stereocenters. The fraction of sp³-hybridized carbons (Fsp3) is 0.412. The Morgan fingerprint density at radius 2 is 2.09 bits per heavy atom. The number of hydrogen-bond donors (Lipinski definition) is 1. The molecular weight excluding hydrogens is 282 g/mol. The molecule has 0 unspecified atom stereocenters. The molecule has 1 amide bonds. The molecule has 0 saturated carbocycles. The van der Waals surface area contributed by atoms with Crippen LogP contribution in [0.3, 0.4) is 0 Å². The van der Waals surface area contributed by atoms with Gasteiger partial charge in [0, 0.05) is 12.5 Å². The molecule has 0 heterocycles. The highest BCUT2D eigenvalue weighted by atomic mass is 16.5. The van der Waals surface area contributed by atoms with Crippen LogP contribution in [0.2, 0.25) is 0 Å². The number of rotatable bonds is 5. The molecule has 0 fully saturated rings. The SMILES string of the molecule is COC(=O)c1cc(CNC(=O)[C@@H]2CC=CCC2)ccc1OC. The summed E-state index contributed by atoms with van der Waals surface area (Å²) in [5, 5.41) is 2.92. The van der Waals surface area contributed by atoms with E-state index in [0.717, 1.165) is 24.8 Å². The number of ether oxygens (including phenoxy) is 2. The van der Waals surface area contributed by atoms with E-state index in [1.54, 1.807) is 12.1 Å². The van der Waals surface area contributed by atoms with Crippen LogP contribution >= 0.6 is 0 Å². The number of carbonyl (C=O) groups is 2. The lowest BCUT2D eigenvalue weighted by molar-refractivity contribution is -0.125. The van der Waals surface area contributed by atoms with Crippen LogP contribution in [0.15, 0.2) is 30.4 Å². The molecule has 22 heavy (non-hydrogen) atoms. The molecule has 0 radical (unpaired) electrons. The highest BCUT2D eigenvalue weighted by Crippen LogP contribution is 2.21. The molecule has 5 heteroatoms. The van der Waals surface area contributed by atoms with E-state index < -0.39 is 5.97 Å². The minimum atomic E-state index is -0.456. The van der Waals surface area contributed by atoms with Gasteiger partial charge in [0.1, 0.15) is 11.3 Å². The maximum absolute atomic E-state index is 12.1. The lowest BCUT2D eigenvalue weighted by Gasteiger charge is -2.17. The maximum Gasteiger partial charge on any atom is 0.341 e. The standard InChI is InChI=1S/C17H21NO4/c1-21-15-9-8-12(10-14(15)17(20)22-2)11-18-16(19)13-6-4-3-5-7-13/h3-4,8-10,13H,5-7,11H2,1-2H3,(H,18,19)/t13-/m1/s1. The van der Waals surface area contributed by atoms with Crippen LogP contribution in [0.1, 0.15) is 35.2 Å². The number of nitrogens with one attached hydrogen (secondary N) is 1. The van der Waals surface area contributed by atoms with Crippen LogP contribution < -0.4 is 10.1 Å². The van der Waals surface area contributed by atoms with Gasteiger partial charge in [-0.15, -0.1) is 0 Å². The minimum absolute atomic E-state index is 0.0447. The van der Waals surface area contributed by atoms with Gasteiger partial charge in [-0.05, 0) is 37.0 Å². The third kappa shape index (κ3) is 3.87.